The smallest absolute Gasteiger partial charge is 0.251 e. The van der Waals surface area contributed by atoms with Crippen molar-refractivity contribution in [1.82, 2.24) is 25.3 Å². The molecule has 5 rings (SSSR count). The molecule has 0 radical (unpaired) electrons. The van der Waals surface area contributed by atoms with E-state index in [0.29, 0.717) is 34.9 Å². The molecular formula is C26H24FN5O3. The van der Waals surface area contributed by atoms with E-state index in [2.05, 4.69) is 20.6 Å². The van der Waals surface area contributed by atoms with Gasteiger partial charge in [-0.05, 0) is 56.3 Å². The zero-order chi connectivity index (χ0) is 24.5. The molecule has 0 saturated carbocycles. The van der Waals surface area contributed by atoms with E-state index in [1.165, 1.54) is 19.2 Å². The number of nitrogens with zero attached hydrogens (tertiary/aromatic N) is 4. The summed E-state index contributed by atoms with van der Waals surface area (Å²) >= 11 is 0. The van der Waals surface area contributed by atoms with Gasteiger partial charge in [0, 0.05) is 34.9 Å². The lowest BCUT2D eigenvalue weighted by molar-refractivity contribution is 0.0933. The van der Waals surface area contributed by atoms with Gasteiger partial charge in [-0.3, -0.25) is 4.79 Å². The summed E-state index contributed by atoms with van der Waals surface area (Å²) in [6, 6.07) is 15.5. The van der Waals surface area contributed by atoms with Gasteiger partial charge in [0.15, 0.2) is 0 Å². The second-order valence-corrected chi connectivity index (χ2v) is 8.45. The number of carbonyl (C=O) groups excluding carboxylic acids is 1. The number of halogens is 1. The Kier molecular flexibility index (Phi) is 5.90. The zero-order valence-corrected chi connectivity index (χ0v) is 19.6. The number of rotatable bonds is 6. The predicted molar refractivity (Wildman–Crippen MR) is 127 cm³/mol. The summed E-state index contributed by atoms with van der Waals surface area (Å²) in [5.74, 6) is 0.313. The Labute approximate surface area is 201 Å². The maximum absolute atomic E-state index is 14.3. The van der Waals surface area contributed by atoms with Gasteiger partial charge in [-0.1, -0.05) is 6.07 Å². The summed E-state index contributed by atoms with van der Waals surface area (Å²) in [5.41, 5.74) is 4.95. The highest BCUT2D eigenvalue weighted by Gasteiger charge is 2.28. The first-order chi connectivity index (χ1) is 16.9. The van der Waals surface area contributed by atoms with Gasteiger partial charge in [-0.25, -0.2) is 9.07 Å². The van der Waals surface area contributed by atoms with Crippen LogP contribution in [0.15, 0.2) is 54.6 Å². The number of hydrogen-bond donors (Lipinski definition) is 1. The SMILES string of the molecule is COc1ccc(-c2cc(F)cc3c2OC(CNC(=O)c2cccc(-n4nc(C)cc4C)c2)C3)nn1. The van der Waals surface area contributed by atoms with Gasteiger partial charge in [-0.15, -0.1) is 10.2 Å². The second kappa shape index (κ2) is 9.17. The van der Waals surface area contributed by atoms with Gasteiger partial charge in [0.2, 0.25) is 5.88 Å². The summed E-state index contributed by atoms with van der Waals surface area (Å²) in [7, 11) is 1.50. The Morgan fingerprint density at radius 2 is 2.03 bits per heavy atom. The molecule has 35 heavy (non-hydrogen) atoms. The fraction of sp³-hybridized carbons (Fsp3) is 0.231. The van der Waals surface area contributed by atoms with E-state index in [4.69, 9.17) is 9.47 Å². The third kappa shape index (κ3) is 4.57. The van der Waals surface area contributed by atoms with Crippen LogP contribution in [-0.2, 0) is 6.42 Å². The van der Waals surface area contributed by atoms with E-state index in [-0.39, 0.29) is 24.4 Å². The molecule has 1 aliphatic rings. The standard InChI is InChI=1S/C26H24FN5O3/c1-15-9-16(2)32(31-15)20-6-4-5-17(11-20)26(33)28-14-21-12-18-10-19(27)13-22(25(18)35-21)23-7-8-24(34-3)30-29-23/h4-11,13,21H,12,14H2,1-3H3,(H,28,33). The van der Waals surface area contributed by atoms with Crippen molar-refractivity contribution in [2.24, 2.45) is 0 Å². The molecule has 2 aromatic carbocycles. The summed E-state index contributed by atoms with van der Waals surface area (Å²) in [4.78, 5) is 12.9. The van der Waals surface area contributed by atoms with Crippen molar-refractivity contribution in [3.8, 4) is 28.6 Å². The summed E-state index contributed by atoms with van der Waals surface area (Å²) in [6.07, 6.45) is 0.135. The molecule has 4 aromatic rings. The van der Waals surface area contributed by atoms with E-state index < -0.39 is 0 Å². The molecule has 1 amide bonds. The fourth-order valence-electron chi connectivity index (χ4n) is 4.25. The van der Waals surface area contributed by atoms with Gasteiger partial charge < -0.3 is 14.8 Å². The zero-order valence-electron chi connectivity index (χ0n) is 19.6. The number of ether oxygens (including phenoxy) is 2. The molecule has 1 N–H and O–H groups in total. The maximum atomic E-state index is 14.3. The minimum Gasteiger partial charge on any atom is -0.487 e. The molecule has 8 nitrogen and oxygen atoms in total. The number of amides is 1. The third-order valence-corrected chi connectivity index (χ3v) is 5.84. The van der Waals surface area contributed by atoms with Crippen LogP contribution >= 0.6 is 0 Å². The molecule has 1 unspecified atom stereocenters. The minimum atomic E-state index is -0.384. The lowest BCUT2D eigenvalue weighted by Gasteiger charge is -2.14. The summed E-state index contributed by atoms with van der Waals surface area (Å²) < 4.78 is 27.3. The minimum absolute atomic E-state index is 0.222. The predicted octanol–water partition coefficient (Wildman–Crippen LogP) is 3.83. The monoisotopic (exact) mass is 473 g/mol. The quantitative estimate of drug-likeness (QED) is 0.458. The van der Waals surface area contributed by atoms with Crippen LogP contribution in [0.1, 0.15) is 27.3 Å². The first-order valence-electron chi connectivity index (χ1n) is 11.2. The van der Waals surface area contributed by atoms with Crippen LogP contribution in [0, 0.1) is 19.7 Å². The molecule has 0 fully saturated rings. The van der Waals surface area contributed by atoms with Crippen molar-refractivity contribution >= 4 is 5.91 Å². The number of aromatic nitrogens is 4. The molecule has 178 valence electrons. The van der Waals surface area contributed by atoms with Crippen molar-refractivity contribution < 1.29 is 18.7 Å². The maximum Gasteiger partial charge on any atom is 0.251 e. The highest BCUT2D eigenvalue weighted by atomic mass is 19.1. The van der Waals surface area contributed by atoms with Crippen molar-refractivity contribution in [3.05, 3.63) is 82.9 Å². The number of hydrogen-bond acceptors (Lipinski definition) is 6. The topological polar surface area (TPSA) is 91.2 Å². The molecule has 3 heterocycles. The molecule has 0 bridgehead atoms. The molecule has 1 aliphatic heterocycles. The van der Waals surface area contributed by atoms with Crippen LogP contribution in [0.5, 0.6) is 11.6 Å². The Balaban J connectivity index is 1.29. The van der Waals surface area contributed by atoms with Crippen molar-refractivity contribution in [2.45, 2.75) is 26.4 Å². The van der Waals surface area contributed by atoms with Crippen molar-refractivity contribution in [3.63, 3.8) is 0 Å². The van der Waals surface area contributed by atoms with Gasteiger partial charge in [0.1, 0.15) is 17.7 Å². The number of carbonyl (C=O) groups is 1. The van der Waals surface area contributed by atoms with Crippen LogP contribution in [0.25, 0.3) is 16.9 Å². The first kappa shape index (κ1) is 22.5. The van der Waals surface area contributed by atoms with Crippen LogP contribution in [0.3, 0.4) is 0 Å². The largest absolute Gasteiger partial charge is 0.487 e. The highest BCUT2D eigenvalue weighted by molar-refractivity contribution is 5.94. The Bertz CT molecular complexity index is 1400. The molecule has 0 spiro atoms. The molecule has 9 heteroatoms. The van der Waals surface area contributed by atoms with Gasteiger partial charge in [0.05, 0.1) is 30.7 Å². The Morgan fingerprint density at radius 1 is 1.17 bits per heavy atom. The third-order valence-electron chi connectivity index (χ3n) is 5.84. The average Bonchev–Trinajstić information content (AvgIpc) is 3.43. The fourth-order valence-corrected chi connectivity index (χ4v) is 4.25. The normalized spacial score (nSPS) is 14.3. The average molecular weight is 474 g/mol. The lowest BCUT2D eigenvalue weighted by Crippen LogP contribution is -2.34. The van der Waals surface area contributed by atoms with Gasteiger partial charge in [0.25, 0.3) is 5.91 Å². The van der Waals surface area contributed by atoms with E-state index in [9.17, 15) is 9.18 Å². The highest BCUT2D eigenvalue weighted by Crippen LogP contribution is 2.39. The van der Waals surface area contributed by atoms with Crippen LogP contribution in [0.4, 0.5) is 4.39 Å². The number of fused-ring (bicyclic) bond motifs is 1. The first-order valence-corrected chi connectivity index (χ1v) is 11.2. The molecule has 1 atom stereocenters. The van der Waals surface area contributed by atoms with Crippen molar-refractivity contribution in [2.75, 3.05) is 13.7 Å². The van der Waals surface area contributed by atoms with Crippen LogP contribution in [0.2, 0.25) is 0 Å². The Hall–Kier alpha value is -4.27. The lowest BCUT2D eigenvalue weighted by atomic mass is 10.0. The summed E-state index contributed by atoms with van der Waals surface area (Å²) in [6.45, 7) is 4.17. The van der Waals surface area contributed by atoms with Crippen molar-refractivity contribution in [1.29, 1.82) is 0 Å². The Morgan fingerprint density at radius 3 is 2.74 bits per heavy atom. The molecule has 0 aliphatic carbocycles. The molecule has 2 aromatic heterocycles. The van der Waals surface area contributed by atoms with Gasteiger partial charge in [-0.2, -0.15) is 5.10 Å². The number of benzene rings is 2. The molecular weight excluding hydrogens is 449 g/mol. The van der Waals surface area contributed by atoms with E-state index >= 15 is 0 Å². The van der Waals surface area contributed by atoms with Crippen LogP contribution < -0.4 is 14.8 Å². The summed E-state index contributed by atoms with van der Waals surface area (Å²) in [5, 5.41) is 15.5. The van der Waals surface area contributed by atoms with E-state index in [0.717, 1.165) is 22.6 Å². The van der Waals surface area contributed by atoms with Gasteiger partial charge >= 0.3 is 0 Å². The molecule has 0 saturated heterocycles. The van der Waals surface area contributed by atoms with E-state index in [1.807, 2.05) is 32.0 Å². The number of aryl methyl sites for hydroxylation is 2. The van der Waals surface area contributed by atoms with Crippen LogP contribution in [-0.4, -0.2) is 45.6 Å². The number of nitrogens with one attached hydrogen (secondary N) is 1. The second-order valence-electron chi connectivity index (χ2n) is 8.45. The number of methoxy groups -OCH3 is 1. The van der Waals surface area contributed by atoms with E-state index in [1.54, 1.807) is 28.9 Å².